The number of benzene rings is 1. The number of aromatic nitrogens is 4. The SMILES string of the molecule is Cc1cccc2cc(COc3ncnc(N)n3)c(N3CCOCC3)nc12. The minimum Gasteiger partial charge on any atom is -0.458 e. The number of morpholine rings is 1. The van der Waals surface area contributed by atoms with E-state index in [9.17, 15) is 0 Å². The summed E-state index contributed by atoms with van der Waals surface area (Å²) in [4.78, 5) is 18.9. The Morgan fingerprint density at radius 1 is 1.19 bits per heavy atom. The van der Waals surface area contributed by atoms with E-state index in [0.29, 0.717) is 19.8 Å². The summed E-state index contributed by atoms with van der Waals surface area (Å²) < 4.78 is 11.2. The highest BCUT2D eigenvalue weighted by atomic mass is 16.5. The van der Waals surface area contributed by atoms with Gasteiger partial charge in [-0.25, -0.2) is 9.97 Å². The molecule has 1 saturated heterocycles. The first-order chi connectivity index (χ1) is 12.7. The van der Waals surface area contributed by atoms with E-state index in [4.69, 9.17) is 20.2 Å². The molecule has 0 bridgehead atoms. The van der Waals surface area contributed by atoms with Gasteiger partial charge in [-0.05, 0) is 18.6 Å². The van der Waals surface area contributed by atoms with Gasteiger partial charge in [-0.1, -0.05) is 18.2 Å². The molecule has 8 heteroatoms. The Morgan fingerprint density at radius 3 is 2.85 bits per heavy atom. The zero-order valence-electron chi connectivity index (χ0n) is 14.6. The number of hydrogen-bond donors (Lipinski definition) is 1. The van der Waals surface area contributed by atoms with Crippen LogP contribution in [0.2, 0.25) is 0 Å². The zero-order valence-corrected chi connectivity index (χ0v) is 14.6. The first kappa shape index (κ1) is 16.5. The van der Waals surface area contributed by atoms with Crippen molar-refractivity contribution < 1.29 is 9.47 Å². The molecule has 2 N–H and O–H groups in total. The largest absolute Gasteiger partial charge is 0.458 e. The molecule has 0 atom stereocenters. The maximum atomic E-state index is 5.74. The third-order valence-corrected chi connectivity index (χ3v) is 4.34. The molecule has 0 amide bonds. The maximum Gasteiger partial charge on any atom is 0.321 e. The van der Waals surface area contributed by atoms with Crippen LogP contribution in [0.25, 0.3) is 10.9 Å². The molecule has 4 rings (SSSR count). The van der Waals surface area contributed by atoms with E-state index in [0.717, 1.165) is 40.9 Å². The summed E-state index contributed by atoms with van der Waals surface area (Å²) in [5, 5.41) is 1.08. The van der Waals surface area contributed by atoms with Crippen molar-refractivity contribution >= 4 is 22.7 Å². The second-order valence-corrected chi connectivity index (χ2v) is 6.13. The standard InChI is InChI=1S/C18H20N6O2/c1-12-3-2-4-13-9-14(10-26-18-21-11-20-17(19)23-18)16(22-15(12)13)24-5-7-25-8-6-24/h2-4,9,11H,5-8,10H2,1H3,(H2,19,20,21,23). The molecule has 1 aromatic carbocycles. The topological polar surface area (TPSA) is 99.3 Å². The predicted octanol–water partition coefficient (Wildman–Crippen LogP) is 1.73. The summed E-state index contributed by atoms with van der Waals surface area (Å²) in [6.45, 7) is 5.36. The van der Waals surface area contributed by atoms with E-state index in [1.807, 2.05) is 6.07 Å². The number of fused-ring (bicyclic) bond motifs is 1. The number of nitrogen functional groups attached to an aromatic ring is 1. The average Bonchev–Trinajstić information content (AvgIpc) is 2.67. The van der Waals surface area contributed by atoms with Crippen molar-refractivity contribution in [3.63, 3.8) is 0 Å². The van der Waals surface area contributed by atoms with Crippen molar-refractivity contribution in [2.45, 2.75) is 13.5 Å². The van der Waals surface area contributed by atoms with Gasteiger partial charge < -0.3 is 20.1 Å². The second kappa shape index (κ2) is 7.09. The number of rotatable bonds is 4. The minimum absolute atomic E-state index is 0.135. The predicted molar refractivity (Wildman–Crippen MR) is 98.1 cm³/mol. The average molecular weight is 352 g/mol. The first-order valence-electron chi connectivity index (χ1n) is 8.50. The lowest BCUT2D eigenvalue weighted by atomic mass is 10.1. The number of ether oxygens (including phenoxy) is 2. The molecule has 0 radical (unpaired) electrons. The van der Waals surface area contributed by atoms with Gasteiger partial charge in [0, 0.05) is 24.0 Å². The molecule has 0 spiro atoms. The summed E-state index contributed by atoms with van der Waals surface area (Å²) in [7, 11) is 0. The molecule has 26 heavy (non-hydrogen) atoms. The number of para-hydroxylation sites is 1. The van der Waals surface area contributed by atoms with Gasteiger partial charge in [0.1, 0.15) is 18.8 Å². The van der Waals surface area contributed by atoms with Crippen LogP contribution in [0.5, 0.6) is 6.01 Å². The van der Waals surface area contributed by atoms with Crippen LogP contribution in [0.15, 0.2) is 30.6 Å². The van der Waals surface area contributed by atoms with E-state index in [1.54, 1.807) is 0 Å². The van der Waals surface area contributed by atoms with Gasteiger partial charge in [-0.2, -0.15) is 9.97 Å². The van der Waals surface area contributed by atoms with E-state index < -0.39 is 0 Å². The summed E-state index contributed by atoms with van der Waals surface area (Å²) >= 11 is 0. The molecule has 0 aliphatic carbocycles. The zero-order chi connectivity index (χ0) is 17.9. The Bertz CT molecular complexity index is 927. The Kier molecular flexibility index (Phi) is 4.49. The van der Waals surface area contributed by atoms with Gasteiger partial charge in [0.25, 0.3) is 0 Å². The van der Waals surface area contributed by atoms with Crippen LogP contribution in [-0.2, 0) is 11.3 Å². The molecule has 2 aromatic heterocycles. The molecule has 1 aliphatic rings. The summed E-state index contributed by atoms with van der Waals surface area (Å²) in [6.07, 6.45) is 1.34. The van der Waals surface area contributed by atoms with Crippen molar-refractivity contribution in [2.24, 2.45) is 0 Å². The number of pyridine rings is 1. The van der Waals surface area contributed by atoms with Gasteiger partial charge in [-0.3, -0.25) is 0 Å². The second-order valence-electron chi connectivity index (χ2n) is 6.13. The molecule has 1 fully saturated rings. The van der Waals surface area contributed by atoms with E-state index in [1.165, 1.54) is 6.33 Å². The molecule has 3 heterocycles. The normalized spacial score (nSPS) is 14.6. The molecule has 1 aliphatic heterocycles. The highest BCUT2D eigenvalue weighted by Gasteiger charge is 2.18. The fourth-order valence-corrected chi connectivity index (χ4v) is 3.04. The fourth-order valence-electron chi connectivity index (χ4n) is 3.04. The smallest absolute Gasteiger partial charge is 0.321 e. The number of anilines is 2. The van der Waals surface area contributed by atoms with Gasteiger partial charge in [0.05, 0.1) is 18.7 Å². The van der Waals surface area contributed by atoms with Crippen LogP contribution >= 0.6 is 0 Å². The van der Waals surface area contributed by atoms with Crippen molar-refractivity contribution in [3.05, 3.63) is 41.7 Å². The highest BCUT2D eigenvalue weighted by Crippen LogP contribution is 2.27. The van der Waals surface area contributed by atoms with Crippen LogP contribution in [-0.4, -0.2) is 46.2 Å². The van der Waals surface area contributed by atoms with Gasteiger partial charge in [-0.15, -0.1) is 0 Å². The van der Waals surface area contributed by atoms with Crippen LogP contribution in [0.4, 0.5) is 11.8 Å². The molecule has 3 aromatic rings. The summed E-state index contributed by atoms with van der Waals surface area (Å²) in [5.74, 6) is 1.05. The lowest BCUT2D eigenvalue weighted by Gasteiger charge is -2.29. The first-order valence-corrected chi connectivity index (χ1v) is 8.50. The van der Waals surface area contributed by atoms with Gasteiger partial charge >= 0.3 is 6.01 Å². The molecule has 0 saturated carbocycles. The third kappa shape index (κ3) is 3.36. The van der Waals surface area contributed by atoms with Crippen molar-refractivity contribution in [3.8, 4) is 6.01 Å². The Labute approximate surface area is 151 Å². The number of nitrogens with zero attached hydrogens (tertiary/aromatic N) is 5. The lowest BCUT2D eigenvalue weighted by molar-refractivity contribution is 0.122. The molecular weight excluding hydrogens is 332 g/mol. The number of nitrogens with two attached hydrogens (primary N) is 1. The Morgan fingerprint density at radius 2 is 2.04 bits per heavy atom. The van der Waals surface area contributed by atoms with Crippen LogP contribution in [0.1, 0.15) is 11.1 Å². The number of aryl methyl sites for hydroxylation is 1. The molecule has 0 unspecified atom stereocenters. The molecule has 134 valence electrons. The van der Waals surface area contributed by atoms with E-state index in [2.05, 4.69) is 45.0 Å². The molecular formula is C18H20N6O2. The Hall–Kier alpha value is -3.00. The summed E-state index contributed by atoms with van der Waals surface area (Å²) in [6, 6.07) is 8.48. The van der Waals surface area contributed by atoms with Crippen molar-refractivity contribution in [1.29, 1.82) is 0 Å². The van der Waals surface area contributed by atoms with Crippen LogP contribution in [0, 0.1) is 6.92 Å². The van der Waals surface area contributed by atoms with E-state index in [-0.39, 0.29) is 12.0 Å². The quantitative estimate of drug-likeness (QED) is 0.758. The third-order valence-electron chi connectivity index (χ3n) is 4.34. The highest BCUT2D eigenvalue weighted by molar-refractivity contribution is 5.84. The monoisotopic (exact) mass is 352 g/mol. The fraction of sp³-hybridized carbons (Fsp3) is 0.333. The molecule has 8 nitrogen and oxygen atoms in total. The van der Waals surface area contributed by atoms with Crippen LogP contribution < -0.4 is 15.4 Å². The maximum absolute atomic E-state index is 5.74. The van der Waals surface area contributed by atoms with Crippen molar-refractivity contribution in [1.82, 2.24) is 19.9 Å². The Balaban J connectivity index is 1.70. The van der Waals surface area contributed by atoms with Crippen LogP contribution in [0.3, 0.4) is 0 Å². The summed E-state index contributed by atoms with van der Waals surface area (Å²) in [5.41, 5.74) is 8.71. The van der Waals surface area contributed by atoms with Gasteiger partial charge in [0.2, 0.25) is 5.95 Å². The lowest BCUT2D eigenvalue weighted by Crippen LogP contribution is -2.37. The van der Waals surface area contributed by atoms with Gasteiger partial charge in [0.15, 0.2) is 0 Å². The number of hydrogen-bond acceptors (Lipinski definition) is 8. The van der Waals surface area contributed by atoms with E-state index >= 15 is 0 Å². The van der Waals surface area contributed by atoms with Crippen molar-refractivity contribution in [2.75, 3.05) is 36.9 Å². The minimum atomic E-state index is 0.135.